The van der Waals surface area contributed by atoms with E-state index in [-0.39, 0.29) is 5.41 Å². The standard InChI is InChI=1S/C18H19ClN2O/c1-12-7-17(22-11-18(2,3)4)21-10-15(12)13-5-6-14(9-20)16(19)8-13/h5-8,10H,11H2,1-4H3. The van der Waals surface area contributed by atoms with E-state index in [0.717, 1.165) is 16.7 Å². The second-order valence-corrected chi connectivity index (χ2v) is 6.90. The Bertz CT molecular complexity index is 727. The molecule has 0 saturated carbocycles. The Balaban J connectivity index is 2.27. The number of ether oxygens (including phenoxy) is 1. The Hall–Kier alpha value is -2.05. The molecule has 2 aromatic rings. The Morgan fingerprint density at radius 1 is 1.27 bits per heavy atom. The van der Waals surface area contributed by atoms with Gasteiger partial charge in [-0.15, -0.1) is 0 Å². The molecule has 0 aliphatic heterocycles. The van der Waals surface area contributed by atoms with Crippen LogP contribution in [0.1, 0.15) is 31.9 Å². The fourth-order valence-corrected chi connectivity index (χ4v) is 2.20. The molecule has 0 saturated heterocycles. The van der Waals surface area contributed by atoms with Crippen LogP contribution in [0.4, 0.5) is 0 Å². The van der Waals surface area contributed by atoms with Gasteiger partial charge in [0.05, 0.1) is 17.2 Å². The number of halogens is 1. The highest BCUT2D eigenvalue weighted by Crippen LogP contribution is 2.29. The number of hydrogen-bond donors (Lipinski definition) is 0. The van der Waals surface area contributed by atoms with Gasteiger partial charge in [0, 0.05) is 17.8 Å². The van der Waals surface area contributed by atoms with Gasteiger partial charge in [0.25, 0.3) is 0 Å². The minimum Gasteiger partial charge on any atom is -0.477 e. The van der Waals surface area contributed by atoms with Gasteiger partial charge in [-0.05, 0) is 35.6 Å². The quantitative estimate of drug-likeness (QED) is 0.800. The molecule has 0 spiro atoms. The van der Waals surface area contributed by atoms with E-state index in [1.54, 1.807) is 18.3 Å². The zero-order chi connectivity index (χ0) is 16.3. The van der Waals surface area contributed by atoms with E-state index in [2.05, 4.69) is 31.8 Å². The Morgan fingerprint density at radius 3 is 2.55 bits per heavy atom. The molecule has 4 heteroatoms. The van der Waals surface area contributed by atoms with Gasteiger partial charge in [-0.1, -0.05) is 38.4 Å². The molecule has 0 radical (unpaired) electrons. The minimum atomic E-state index is 0.0922. The second-order valence-electron chi connectivity index (χ2n) is 6.49. The fraction of sp³-hybridized carbons (Fsp3) is 0.333. The van der Waals surface area contributed by atoms with Crippen molar-refractivity contribution in [1.82, 2.24) is 4.98 Å². The normalized spacial score (nSPS) is 11.1. The van der Waals surface area contributed by atoms with Crippen molar-refractivity contribution in [3.63, 3.8) is 0 Å². The number of nitriles is 1. The van der Waals surface area contributed by atoms with Gasteiger partial charge in [-0.25, -0.2) is 4.98 Å². The van der Waals surface area contributed by atoms with Crippen LogP contribution in [-0.4, -0.2) is 11.6 Å². The van der Waals surface area contributed by atoms with Crippen LogP contribution in [0.15, 0.2) is 30.5 Å². The summed E-state index contributed by atoms with van der Waals surface area (Å²) in [5.74, 6) is 0.621. The molecule has 22 heavy (non-hydrogen) atoms. The Labute approximate surface area is 136 Å². The van der Waals surface area contributed by atoms with Crippen molar-refractivity contribution in [1.29, 1.82) is 5.26 Å². The maximum atomic E-state index is 8.93. The van der Waals surface area contributed by atoms with E-state index < -0.39 is 0 Å². The summed E-state index contributed by atoms with van der Waals surface area (Å²) in [6, 6.07) is 9.38. The number of hydrogen-bond acceptors (Lipinski definition) is 3. The number of nitrogens with zero attached hydrogens (tertiary/aromatic N) is 2. The van der Waals surface area contributed by atoms with Crippen LogP contribution in [0, 0.1) is 23.7 Å². The third kappa shape index (κ3) is 3.99. The first-order valence-electron chi connectivity index (χ1n) is 7.09. The van der Waals surface area contributed by atoms with Crippen LogP contribution >= 0.6 is 11.6 Å². The Morgan fingerprint density at radius 2 is 2.00 bits per heavy atom. The third-order valence-electron chi connectivity index (χ3n) is 3.14. The number of rotatable bonds is 3. The van der Waals surface area contributed by atoms with Crippen LogP contribution < -0.4 is 4.74 Å². The zero-order valence-electron chi connectivity index (χ0n) is 13.3. The van der Waals surface area contributed by atoms with E-state index in [1.807, 2.05) is 19.1 Å². The maximum Gasteiger partial charge on any atom is 0.213 e. The predicted molar refractivity (Wildman–Crippen MR) is 89.1 cm³/mol. The molecule has 1 aromatic heterocycles. The average molecular weight is 315 g/mol. The van der Waals surface area contributed by atoms with E-state index in [9.17, 15) is 0 Å². The molecule has 114 valence electrons. The molecule has 0 aliphatic rings. The van der Waals surface area contributed by atoms with Gasteiger partial charge in [-0.3, -0.25) is 0 Å². The van der Waals surface area contributed by atoms with E-state index >= 15 is 0 Å². The summed E-state index contributed by atoms with van der Waals surface area (Å²) in [7, 11) is 0. The molecule has 1 aromatic carbocycles. The van der Waals surface area contributed by atoms with Gasteiger partial charge < -0.3 is 4.74 Å². The van der Waals surface area contributed by atoms with Crippen LogP contribution in [0.5, 0.6) is 5.88 Å². The van der Waals surface area contributed by atoms with Crippen molar-refractivity contribution in [3.8, 4) is 23.1 Å². The van der Waals surface area contributed by atoms with Gasteiger partial charge in [0.15, 0.2) is 0 Å². The Kier molecular flexibility index (Phi) is 4.73. The summed E-state index contributed by atoms with van der Waals surface area (Å²) in [6.07, 6.45) is 1.78. The van der Waals surface area contributed by atoms with Gasteiger partial charge >= 0.3 is 0 Å². The summed E-state index contributed by atoms with van der Waals surface area (Å²) in [5, 5.41) is 9.38. The molecule has 0 aliphatic carbocycles. The number of pyridine rings is 1. The molecule has 0 atom stereocenters. The number of aromatic nitrogens is 1. The van der Waals surface area contributed by atoms with E-state index in [0.29, 0.717) is 23.1 Å². The number of benzene rings is 1. The molecule has 1 heterocycles. The third-order valence-corrected chi connectivity index (χ3v) is 3.45. The first kappa shape index (κ1) is 16.3. The fourth-order valence-electron chi connectivity index (χ4n) is 1.98. The minimum absolute atomic E-state index is 0.0922. The van der Waals surface area contributed by atoms with Crippen molar-refractivity contribution >= 4 is 11.6 Å². The van der Waals surface area contributed by atoms with Crippen molar-refractivity contribution in [2.45, 2.75) is 27.7 Å². The van der Waals surface area contributed by atoms with Gasteiger partial charge in [0.2, 0.25) is 5.88 Å². The summed E-state index contributed by atoms with van der Waals surface area (Å²) in [6.45, 7) is 8.97. The van der Waals surface area contributed by atoms with Crippen molar-refractivity contribution in [2.24, 2.45) is 5.41 Å². The van der Waals surface area contributed by atoms with Gasteiger partial charge in [0.1, 0.15) is 6.07 Å². The monoisotopic (exact) mass is 314 g/mol. The number of aryl methyl sites for hydroxylation is 1. The largest absolute Gasteiger partial charge is 0.477 e. The lowest BCUT2D eigenvalue weighted by Gasteiger charge is -2.18. The molecule has 0 amide bonds. The first-order valence-corrected chi connectivity index (χ1v) is 7.47. The van der Waals surface area contributed by atoms with Crippen LogP contribution in [0.3, 0.4) is 0 Å². The molecular weight excluding hydrogens is 296 g/mol. The van der Waals surface area contributed by atoms with Crippen LogP contribution in [0.2, 0.25) is 5.02 Å². The van der Waals surface area contributed by atoms with Crippen LogP contribution in [0.25, 0.3) is 11.1 Å². The predicted octanol–water partition coefficient (Wildman–Crippen LogP) is 5.01. The lowest BCUT2D eigenvalue weighted by molar-refractivity contribution is 0.191. The lowest BCUT2D eigenvalue weighted by atomic mass is 9.99. The average Bonchev–Trinajstić information content (AvgIpc) is 2.44. The molecular formula is C18H19ClN2O. The topological polar surface area (TPSA) is 45.9 Å². The molecule has 3 nitrogen and oxygen atoms in total. The summed E-state index contributed by atoms with van der Waals surface area (Å²) in [5.41, 5.74) is 3.54. The van der Waals surface area contributed by atoms with E-state index in [4.69, 9.17) is 21.6 Å². The van der Waals surface area contributed by atoms with Crippen molar-refractivity contribution < 1.29 is 4.74 Å². The molecule has 0 N–H and O–H groups in total. The molecule has 0 unspecified atom stereocenters. The SMILES string of the molecule is Cc1cc(OCC(C)(C)C)ncc1-c1ccc(C#N)c(Cl)c1. The summed E-state index contributed by atoms with van der Waals surface area (Å²) < 4.78 is 5.72. The molecule has 0 bridgehead atoms. The first-order chi connectivity index (χ1) is 10.3. The molecule has 2 rings (SSSR count). The zero-order valence-corrected chi connectivity index (χ0v) is 14.0. The van der Waals surface area contributed by atoms with Gasteiger partial charge in [-0.2, -0.15) is 5.26 Å². The summed E-state index contributed by atoms with van der Waals surface area (Å²) >= 11 is 6.10. The maximum absolute atomic E-state index is 8.93. The highest BCUT2D eigenvalue weighted by Gasteiger charge is 2.13. The van der Waals surface area contributed by atoms with E-state index in [1.165, 1.54) is 0 Å². The highest BCUT2D eigenvalue weighted by molar-refractivity contribution is 6.32. The lowest BCUT2D eigenvalue weighted by Crippen LogP contribution is -2.17. The summed E-state index contributed by atoms with van der Waals surface area (Å²) in [4.78, 5) is 4.36. The van der Waals surface area contributed by atoms with Crippen LogP contribution in [-0.2, 0) is 0 Å². The molecule has 0 fully saturated rings. The van der Waals surface area contributed by atoms with Crippen molar-refractivity contribution in [3.05, 3.63) is 46.6 Å². The second kappa shape index (κ2) is 6.37. The smallest absolute Gasteiger partial charge is 0.213 e. The highest BCUT2D eigenvalue weighted by atomic mass is 35.5. The van der Waals surface area contributed by atoms with Crippen molar-refractivity contribution in [2.75, 3.05) is 6.61 Å².